The van der Waals surface area contributed by atoms with Gasteiger partial charge in [-0.2, -0.15) is 5.26 Å². The monoisotopic (exact) mass is 223 g/mol. The van der Waals surface area contributed by atoms with E-state index in [-0.39, 0.29) is 0 Å². The maximum Gasteiger partial charge on any atom is 0.146 e. The molecule has 3 nitrogen and oxygen atoms in total. The number of benzene rings is 1. The second-order valence-electron chi connectivity index (χ2n) is 3.83. The van der Waals surface area contributed by atoms with Gasteiger partial charge in [0.25, 0.3) is 0 Å². The zero-order chi connectivity index (χ0) is 12.1. The minimum absolute atomic E-state index is 0.603. The van der Waals surface area contributed by atoms with Crippen LogP contribution in [0.25, 0.3) is 0 Å². The van der Waals surface area contributed by atoms with Crippen molar-refractivity contribution in [2.75, 3.05) is 11.9 Å². The van der Waals surface area contributed by atoms with E-state index in [1.807, 2.05) is 30.1 Å². The fourth-order valence-electron chi connectivity index (χ4n) is 1.72. The summed E-state index contributed by atoms with van der Waals surface area (Å²) in [5, 5.41) is 9.02. The summed E-state index contributed by atoms with van der Waals surface area (Å²) in [6.45, 7) is 0.743. The molecule has 0 fully saturated rings. The lowest BCUT2D eigenvalue weighted by atomic mass is 10.2. The van der Waals surface area contributed by atoms with E-state index in [9.17, 15) is 0 Å². The maximum atomic E-state index is 9.02. The number of hydrogen-bond acceptors (Lipinski definition) is 3. The molecule has 0 unspecified atom stereocenters. The summed E-state index contributed by atoms with van der Waals surface area (Å²) >= 11 is 0. The SMILES string of the molecule is CN(Cc1ccccc1)c1ncccc1C#N. The summed E-state index contributed by atoms with van der Waals surface area (Å²) in [7, 11) is 1.94. The molecule has 2 aromatic rings. The van der Waals surface area contributed by atoms with Gasteiger partial charge in [0.2, 0.25) is 0 Å². The van der Waals surface area contributed by atoms with Crippen molar-refractivity contribution < 1.29 is 0 Å². The molecule has 0 saturated heterocycles. The highest BCUT2D eigenvalue weighted by molar-refractivity contribution is 5.53. The molecule has 84 valence electrons. The van der Waals surface area contributed by atoms with Gasteiger partial charge in [0.05, 0.1) is 5.56 Å². The average molecular weight is 223 g/mol. The quantitative estimate of drug-likeness (QED) is 0.803. The van der Waals surface area contributed by atoms with Crippen molar-refractivity contribution in [1.82, 2.24) is 4.98 Å². The summed E-state index contributed by atoms with van der Waals surface area (Å²) in [5.74, 6) is 0.721. The van der Waals surface area contributed by atoms with Gasteiger partial charge in [-0.05, 0) is 17.7 Å². The second-order valence-corrected chi connectivity index (χ2v) is 3.83. The molecule has 0 aliphatic carbocycles. The molecule has 0 aliphatic rings. The van der Waals surface area contributed by atoms with Gasteiger partial charge in [-0.1, -0.05) is 30.3 Å². The Morgan fingerprint density at radius 1 is 1.18 bits per heavy atom. The van der Waals surface area contributed by atoms with E-state index >= 15 is 0 Å². The molecule has 0 saturated carbocycles. The van der Waals surface area contributed by atoms with E-state index in [4.69, 9.17) is 5.26 Å². The van der Waals surface area contributed by atoms with E-state index in [0.29, 0.717) is 5.56 Å². The molecule has 0 spiro atoms. The van der Waals surface area contributed by atoms with Crippen LogP contribution < -0.4 is 4.90 Å². The number of aromatic nitrogens is 1. The van der Waals surface area contributed by atoms with E-state index in [1.54, 1.807) is 18.3 Å². The Bertz CT molecular complexity index is 529. The van der Waals surface area contributed by atoms with Crippen molar-refractivity contribution in [2.24, 2.45) is 0 Å². The normalized spacial score (nSPS) is 9.65. The topological polar surface area (TPSA) is 39.9 Å². The predicted octanol–water partition coefficient (Wildman–Crippen LogP) is 2.59. The summed E-state index contributed by atoms with van der Waals surface area (Å²) in [4.78, 5) is 6.23. The summed E-state index contributed by atoms with van der Waals surface area (Å²) in [5.41, 5.74) is 1.80. The number of nitrogens with zero attached hydrogens (tertiary/aromatic N) is 3. The lowest BCUT2D eigenvalue weighted by molar-refractivity contribution is 0.895. The lowest BCUT2D eigenvalue weighted by Gasteiger charge is -2.18. The molecular formula is C14H13N3. The fraction of sp³-hybridized carbons (Fsp3) is 0.143. The Morgan fingerprint density at radius 3 is 2.65 bits per heavy atom. The minimum Gasteiger partial charge on any atom is -0.354 e. The zero-order valence-corrected chi connectivity index (χ0v) is 9.67. The molecule has 1 aromatic heterocycles. The van der Waals surface area contributed by atoms with Crippen LogP contribution in [0, 0.1) is 11.3 Å². The largest absolute Gasteiger partial charge is 0.354 e. The van der Waals surface area contributed by atoms with Crippen LogP contribution in [0.4, 0.5) is 5.82 Å². The average Bonchev–Trinajstić information content (AvgIpc) is 2.40. The highest BCUT2D eigenvalue weighted by Crippen LogP contribution is 2.16. The third-order valence-corrected chi connectivity index (χ3v) is 2.53. The molecule has 1 aromatic carbocycles. The van der Waals surface area contributed by atoms with Crippen molar-refractivity contribution in [2.45, 2.75) is 6.54 Å². The Kier molecular flexibility index (Phi) is 3.37. The maximum absolute atomic E-state index is 9.02. The van der Waals surface area contributed by atoms with Gasteiger partial charge in [-0.3, -0.25) is 0 Å². The molecule has 0 atom stereocenters. The molecular weight excluding hydrogens is 210 g/mol. The first kappa shape index (κ1) is 11.2. The first-order valence-corrected chi connectivity index (χ1v) is 5.41. The highest BCUT2D eigenvalue weighted by atomic mass is 15.2. The van der Waals surface area contributed by atoms with E-state index in [1.165, 1.54) is 5.56 Å². The second kappa shape index (κ2) is 5.13. The highest BCUT2D eigenvalue weighted by Gasteiger charge is 2.08. The van der Waals surface area contributed by atoms with Crippen LogP contribution in [-0.4, -0.2) is 12.0 Å². The van der Waals surface area contributed by atoms with Crippen LogP contribution in [0.15, 0.2) is 48.7 Å². The molecule has 0 N–H and O–H groups in total. The van der Waals surface area contributed by atoms with Gasteiger partial charge in [-0.15, -0.1) is 0 Å². The Balaban J connectivity index is 2.21. The smallest absolute Gasteiger partial charge is 0.146 e. The molecule has 0 amide bonds. The van der Waals surface area contributed by atoms with Crippen molar-refractivity contribution in [3.8, 4) is 6.07 Å². The molecule has 3 heteroatoms. The lowest BCUT2D eigenvalue weighted by Crippen LogP contribution is -2.18. The van der Waals surface area contributed by atoms with Crippen LogP contribution in [-0.2, 0) is 6.54 Å². The van der Waals surface area contributed by atoms with E-state index in [2.05, 4.69) is 23.2 Å². The molecule has 0 radical (unpaired) electrons. The molecule has 2 rings (SSSR count). The Morgan fingerprint density at radius 2 is 1.94 bits per heavy atom. The minimum atomic E-state index is 0.603. The van der Waals surface area contributed by atoms with Crippen LogP contribution in [0.5, 0.6) is 0 Å². The van der Waals surface area contributed by atoms with Gasteiger partial charge in [0.15, 0.2) is 0 Å². The van der Waals surface area contributed by atoms with E-state index < -0.39 is 0 Å². The summed E-state index contributed by atoms with van der Waals surface area (Å²) in [6, 6.07) is 15.8. The molecule has 1 heterocycles. The van der Waals surface area contributed by atoms with Crippen LogP contribution >= 0.6 is 0 Å². The first-order valence-electron chi connectivity index (χ1n) is 5.41. The fourth-order valence-corrected chi connectivity index (χ4v) is 1.72. The number of nitriles is 1. The van der Waals surface area contributed by atoms with Gasteiger partial charge >= 0.3 is 0 Å². The van der Waals surface area contributed by atoms with Gasteiger partial charge < -0.3 is 4.90 Å². The number of pyridine rings is 1. The zero-order valence-electron chi connectivity index (χ0n) is 9.67. The first-order chi connectivity index (χ1) is 8.31. The Labute approximate surface area is 101 Å². The van der Waals surface area contributed by atoms with Crippen LogP contribution in [0.3, 0.4) is 0 Å². The third kappa shape index (κ3) is 2.61. The third-order valence-electron chi connectivity index (χ3n) is 2.53. The predicted molar refractivity (Wildman–Crippen MR) is 67.5 cm³/mol. The van der Waals surface area contributed by atoms with E-state index in [0.717, 1.165) is 12.4 Å². The summed E-state index contributed by atoms with van der Waals surface area (Å²) in [6.07, 6.45) is 1.71. The summed E-state index contributed by atoms with van der Waals surface area (Å²) < 4.78 is 0. The number of rotatable bonds is 3. The molecule has 0 aliphatic heterocycles. The van der Waals surface area contributed by atoms with Crippen molar-refractivity contribution >= 4 is 5.82 Å². The molecule has 0 bridgehead atoms. The van der Waals surface area contributed by atoms with Gasteiger partial charge in [-0.25, -0.2) is 4.98 Å². The van der Waals surface area contributed by atoms with Crippen LogP contribution in [0.2, 0.25) is 0 Å². The van der Waals surface area contributed by atoms with Crippen LogP contribution in [0.1, 0.15) is 11.1 Å². The standard InChI is InChI=1S/C14H13N3/c1-17(11-12-6-3-2-4-7-12)14-13(10-15)8-5-9-16-14/h2-9H,11H2,1H3. The van der Waals surface area contributed by atoms with Crippen molar-refractivity contribution in [3.05, 3.63) is 59.8 Å². The number of hydrogen-bond donors (Lipinski definition) is 0. The number of anilines is 1. The van der Waals surface area contributed by atoms with Gasteiger partial charge in [0.1, 0.15) is 11.9 Å². The van der Waals surface area contributed by atoms with Crippen molar-refractivity contribution in [1.29, 1.82) is 5.26 Å². The molecule has 17 heavy (non-hydrogen) atoms. The van der Waals surface area contributed by atoms with Crippen molar-refractivity contribution in [3.63, 3.8) is 0 Å². The Hall–Kier alpha value is -2.34. The van der Waals surface area contributed by atoms with Gasteiger partial charge in [0, 0.05) is 19.8 Å².